The lowest BCUT2D eigenvalue weighted by Crippen LogP contribution is -2.62. The normalized spacial score (nSPS) is 15.0. The third kappa shape index (κ3) is 9.10. The summed E-state index contributed by atoms with van der Waals surface area (Å²) in [6.45, 7) is 0.885. The number of alkyl halides is 3. The summed E-state index contributed by atoms with van der Waals surface area (Å²) in [7, 11) is -4.16. The number of imidazole rings is 1. The number of halogens is 3. The largest absolute Gasteiger partial charge is 0.490 e. The fourth-order valence-electron chi connectivity index (χ4n) is 5.53. The number of nitrogens with zero attached hydrogens (tertiary/aromatic N) is 5. The van der Waals surface area contributed by atoms with Gasteiger partial charge in [-0.25, -0.2) is 23.0 Å². The predicted molar refractivity (Wildman–Crippen MR) is 185 cm³/mol. The SMILES string of the molecule is O=C(NCCCn1ccnc1)[C@H]1CN(C(=O)Nc2ccccc2-c2ccccc2)CCN1S(=O)(=O)c1cccc2cccnc12.O=C(O)C(F)(F)F. The Hall–Kier alpha value is -5.81. The number of carbonyl (C=O) groups excluding carboxylic acids is 2. The monoisotopic (exact) mass is 737 g/mol. The van der Waals surface area contributed by atoms with E-state index in [1.165, 1.54) is 15.3 Å². The summed E-state index contributed by atoms with van der Waals surface area (Å²) in [6.07, 6.45) is 2.30. The van der Waals surface area contributed by atoms with Crippen LogP contribution in [-0.4, -0.2) is 93.6 Å². The summed E-state index contributed by atoms with van der Waals surface area (Å²) in [5.74, 6) is -3.23. The van der Waals surface area contributed by atoms with Crippen molar-refractivity contribution in [2.45, 2.75) is 30.1 Å². The fourth-order valence-corrected chi connectivity index (χ4v) is 7.27. The minimum Gasteiger partial charge on any atom is -0.475 e. The molecule has 272 valence electrons. The molecule has 1 atom stereocenters. The minimum absolute atomic E-state index is 0.0215. The molecule has 3 heterocycles. The molecule has 0 saturated carbocycles. The van der Waals surface area contributed by atoms with Crippen LogP contribution in [-0.2, 0) is 26.2 Å². The average Bonchev–Trinajstić information content (AvgIpc) is 3.67. The zero-order valence-corrected chi connectivity index (χ0v) is 28.3. The van der Waals surface area contributed by atoms with Gasteiger partial charge in [-0.15, -0.1) is 0 Å². The van der Waals surface area contributed by atoms with E-state index in [9.17, 15) is 31.2 Å². The number of carboxylic acids is 1. The van der Waals surface area contributed by atoms with Gasteiger partial charge in [-0.2, -0.15) is 17.5 Å². The molecule has 13 nitrogen and oxygen atoms in total. The lowest BCUT2D eigenvalue weighted by atomic mass is 10.0. The number of fused-ring (bicyclic) bond motifs is 1. The average molecular weight is 738 g/mol. The van der Waals surface area contributed by atoms with Crippen LogP contribution < -0.4 is 10.6 Å². The van der Waals surface area contributed by atoms with Gasteiger partial charge in [0.05, 0.1) is 17.5 Å². The number of para-hydroxylation sites is 2. The van der Waals surface area contributed by atoms with Gasteiger partial charge in [0.2, 0.25) is 15.9 Å². The van der Waals surface area contributed by atoms with Crippen molar-refractivity contribution in [3.05, 3.63) is 110 Å². The molecule has 2 aromatic heterocycles. The van der Waals surface area contributed by atoms with Gasteiger partial charge in [0, 0.05) is 62.3 Å². The Labute approximate surface area is 296 Å². The van der Waals surface area contributed by atoms with Crippen molar-refractivity contribution >= 4 is 44.5 Å². The van der Waals surface area contributed by atoms with Crippen LogP contribution in [0.15, 0.2) is 115 Å². The summed E-state index contributed by atoms with van der Waals surface area (Å²) < 4.78 is 63.1. The Morgan fingerprint density at radius 2 is 1.62 bits per heavy atom. The summed E-state index contributed by atoms with van der Waals surface area (Å²) in [5.41, 5.74) is 2.74. The molecule has 6 rings (SSSR count). The molecule has 1 aliphatic heterocycles. The van der Waals surface area contributed by atoms with Crippen molar-refractivity contribution in [2.24, 2.45) is 0 Å². The van der Waals surface area contributed by atoms with Crippen molar-refractivity contribution in [2.75, 3.05) is 31.5 Å². The summed E-state index contributed by atoms with van der Waals surface area (Å²) in [6, 6.07) is 24.1. The van der Waals surface area contributed by atoms with Gasteiger partial charge in [-0.05, 0) is 30.2 Å². The molecule has 0 unspecified atom stereocenters. The van der Waals surface area contributed by atoms with E-state index in [2.05, 4.69) is 20.6 Å². The molecule has 17 heteroatoms. The molecule has 0 radical (unpaired) electrons. The van der Waals surface area contributed by atoms with Crippen LogP contribution >= 0.6 is 0 Å². The molecule has 3 aromatic carbocycles. The number of piperazine rings is 1. The number of carboxylic acid groups (broad SMARTS) is 1. The minimum atomic E-state index is -5.08. The number of amides is 3. The molecule has 52 heavy (non-hydrogen) atoms. The number of hydrogen-bond acceptors (Lipinski definition) is 7. The lowest BCUT2D eigenvalue weighted by Gasteiger charge is -2.39. The first kappa shape index (κ1) is 37.4. The summed E-state index contributed by atoms with van der Waals surface area (Å²) in [5, 5.41) is 13.7. The number of carbonyl (C=O) groups is 3. The van der Waals surface area contributed by atoms with Crippen LogP contribution in [0.1, 0.15) is 6.42 Å². The van der Waals surface area contributed by atoms with E-state index in [-0.39, 0.29) is 24.5 Å². The predicted octanol–water partition coefficient (Wildman–Crippen LogP) is 4.85. The number of nitrogens with one attached hydrogen (secondary N) is 2. The summed E-state index contributed by atoms with van der Waals surface area (Å²) in [4.78, 5) is 46.0. The molecule has 1 aliphatic rings. The molecule has 0 bridgehead atoms. The Balaban J connectivity index is 0.000000679. The Morgan fingerprint density at radius 1 is 0.904 bits per heavy atom. The van der Waals surface area contributed by atoms with E-state index in [4.69, 9.17) is 9.90 Å². The number of aryl methyl sites for hydroxylation is 1. The van der Waals surface area contributed by atoms with Gasteiger partial charge in [0.25, 0.3) is 0 Å². The maximum Gasteiger partial charge on any atom is 0.490 e. The van der Waals surface area contributed by atoms with Crippen molar-refractivity contribution < 1.29 is 41.1 Å². The molecule has 3 amide bonds. The van der Waals surface area contributed by atoms with Crippen LogP contribution in [0, 0.1) is 0 Å². The van der Waals surface area contributed by atoms with Crippen LogP contribution in [0.5, 0.6) is 0 Å². The third-order valence-corrected chi connectivity index (χ3v) is 9.99. The zero-order valence-electron chi connectivity index (χ0n) is 27.5. The van der Waals surface area contributed by atoms with Crippen molar-refractivity contribution in [3.63, 3.8) is 0 Å². The number of aliphatic carboxylic acids is 1. The van der Waals surface area contributed by atoms with Crippen LogP contribution in [0.3, 0.4) is 0 Å². The van der Waals surface area contributed by atoms with E-state index in [1.807, 2.05) is 65.4 Å². The highest BCUT2D eigenvalue weighted by atomic mass is 32.2. The number of anilines is 1. The highest BCUT2D eigenvalue weighted by Crippen LogP contribution is 2.30. The van der Waals surface area contributed by atoms with Crippen LogP contribution in [0.4, 0.5) is 23.7 Å². The Morgan fingerprint density at radius 3 is 2.33 bits per heavy atom. The highest BCUT2D eigenvalue weighted by molar-refractivity contribution is 7.89. The molecule has 5 aromatic rings. The highest BCUT2D eigenvalue weighted by Gasteiger charge is 2.42. The number of hydrogen-bond donors (Lipinski definition) is 3. The molecular weight excluding hydrogens is 703 g/mol. The topological polar surface area (TPSA) is 167 Å². The van der Waals surface area contributed by atoms with Gasteiger partial charge >= 0.3 is 18.2 Å². The van der Waals surface area contributed by atoms with Crippen molar-refractivity contribution in [3.8, 4) is 11.1 Å². The second-order valence-corrected chi connectivity index (χ2v) is 13.4. The first-order valence-electron chi connectivity index (χ1n) is 16.0. The quantitative estimate of drug-likeness (QED) is 0.181. The third-order valence-electron chi connectivity index (χ3n) is 8.05. The van der Waals surface area contributed by atoms with Crippen LogP contribution in [0.2, 0.25) is 0 Å². The molecule has 3 N–H and O–H groups in total. The fraction of sp³-hybridized carbons (Fsp3) is 0.229. The first-order chi connectivity index (χ1) is 24.9. The Kier molecular flexibility index (Phi) is 11.9. The lowest BCUT2D eigenvalue weighted by molar-refractivity contribution is -0.192. The van der Waals surface area contributed by atoms with Crippen molar-refractivity contribution in [1.82, 2.24) is 29.1 Å². The van der Waals surface area contributed by atoms with E-state index in [0.717, 1.165) is 11.1 Å². The molecule has 1 saturated heterocycles. The van der Waals surface area contributed by atoms with Gasteiger partial charge in [-0.1, -0.05) is 66.7 Å². The van der Waals surface area contributed by atoms with Gasteiger partial charge < -0.3 is 25.2 Å². The van der Waals surface area contributed by atoms with Gasteiger partial charge in [0.1, 0.15) is 10.9 Å². The van der Waals surface area contributed by atoms with Crippen LogP contribution in [0.25, 0.3) is 22.0 Å². The second kappa shape index (κ2) is 16.5. The molecule has 0 spiro atoms. The van der Waals surface area contributed by atoms with E-state index in [0.29, 0.717) is 36.1 Å². The number of pyridine rings is 1. The molecule has 0 aliphatic carbocycles. The molecule has 1 fully saturated rings. The Bertz CT molecular complexity index is 2110. The molecular formula is C35H34F3N7O6S. The second-order valence-electron chi connectivity index (χ2n) is 11.5. The standard InChI is InChI=1S/C33H33N7O4S.C2HF3O2/c41-32(36-17-8-19-38-20-18-34-24-38)29-23-39(33(42)37-28-14-5-4-13-27(28)25-9-2-1-3-10-25)21-22-40(29)45(43,44)30-15-6-11-26-12-7-16-35-31(26)30;3-2(4,5)1(6)7/h1-7,9-16,18,20,24,29H,8,17,19,21-23H2,(H,36,41)(H,37,42);(H,6,7)/t29-;/m1./s1. The number of sulfonamides is 1. The van der Waals surface area contributed by atoms with Gasteiger partial charge in [-0.3, -0.25) is 9.78 Å². The van der Waals surface area contributed by atoms with Crippen molar-refractivity contribution in [1.29, 1.82) is 0 Å². The summed E-state index contributed by atoms with van der Waals surface area (Å²) >= 11 is 0. The number of aromatic nitrogens is 3. The maximum absolute atomic E-state index is 14.1. The number of benzene rings is 3. The zero-order chi connectivity index (χ0) is 37.3. The first-order valence-corrected chi connectivity index (χ1v) is 17.4. The van der Waals surface area contributed by atoms with E-state index in [1.54, 1.807) is 43.0 Å². The number of urea groups is 1. The number of rotatable bonds is 9. The smallest absolute Gasteiger partial charge is 0.475 e. The van der Waals surface area contributed by atoms with E-state index < -0.39 is 40.1 Å². The maximum atomic E-state index is 14.1. The van der Waals surface area contributed by atoms with Gasteiger partial charge in [0.15, 0.2) is 0 Å². The van der Waals surface area contributed by atoms with E-state index >= 15 is 0 Å².